The summed E-state index contributed by atoms with van der Waals surface area (Å²) in [6.07, 6.45) is 5.25. The van der Waals surface area contributed by atoms with Gasteiger partial charge in [0.2, 0.25) is 0 Å². The van der Waals surface area contributed by atoms with Crippen LogP contribution in [0, 0.1) is 0 Å². The first kappa shape index (κ1) is 16.6. The largest absolute Gasteiger partial charge is 0.468 e. The second kappa shape index (κ2) is 8.67. The highest BCUT2D eigenvalue weighted by Gasteiger charge is 2.11. The molecule has 1 N–H and O–H groups in total. The quantitative estimate of drug-likeness (QED) is 0.753. The van der Waals surface area contributed by atoms with E-state index in [2.05, 4.69) is 50.4 Å². The van der Waals surface area contributed by atoms with Crippen molar-refractivity contribution in [2.24, 2.45) is 0 Å². The first-order chi connectivity index (χ1) is 9.02. The van der Waals surface area contributed by atoms with Crippen LogP contribution in [-0.4, -0.2) is 36.0 Å². The summed E-state index contributed by atoms with van der Waals surface area (Å²) >= 11 is 1.91. The Morgan fingerprint density at radius 3 is 2.74 bits per heavy atom. The maximum atomic E-state index is 5.64. The van der Waals surface area contributed by atoms with Crippen LogP contribution in [0.5, 0.6) is 0 Å². The average Bonchev–Trinajstić information content (AvgIpc) is 2.81. The van der Waals surface area contributed by atoms with Gasteiger partial charge >= 0.3 is 0 Å². The number of hydrogen-bond donors (Lipinski definition) is 1. The molecule has 0 radical (unpaired) electrons. The lowest BCUT2D eigenvalue weighted by molar-refractivity contribution is 0.226. The Hall–Kier alpha value is -0.450. The van der Waals surface area contributed by atoms with E-state index in [1.807, 2.05) is 18.0 Å². The molecule has 1 atom stereocenters. The fraction of sp³-hybridized carbons (Fsp3) is 0.733. The molecule has 19 heavy (non-hydrogen) atoms. The molecule has 0 saturated carbocycles. The minimum absolute atomic E-state index is 0.507. The van der Waals surface area contributed by atoms with E-state index in [9.17, 15) is 0 Å². The summed E-state index contributed by atoms with van der Waals surface area (Å²) in [7, 11) is 2.17. The Kier molecular flexibility index (Phi) is 7.57. The number of rotatable bonds is 9. The molecule has 0 saturated heterocycles. The monoisotopic (exact) mass is 284 g/mol. The zero-order valence-corrected chi connectivity index (χ0v) is 13.7. The standard InChI is InChI=1S/C15H28N2OS/c1-12(2)16-9-14-8-15(18-11-14)10-17(4)13(3)6-7-19-5/h8,11-13,16H,6-7,9-10H2,1-5H3. The Balaban J connectivity index is 2.39. The Bertz CT molecular complexity index is 352. The maximum absolute atomic E-state index is 5.64. The van der Waals surface area contributed by atoms with E-state index in [1.165, 1.54) is 17.7 Å². The number of nitrogens with zero attached hydrogens (tertiary/aromatic N) is 1. The second-order valence-electron chi connectivity index (χ2n) is 5.50. The molecular weight excluding hydrogens is 256 g/mol. The molecule has 0 amide bonds. The lowest BCUT2D eigenvalue weighted by Crippen LogP contribution is -2.28. The molecule has 110 valence electrons. The van der Waals surface area contributed by atoms with Crippen LogP contribution in [-0.2, 0) is 13.1 Å². The summed E-state index contributed by atoms with van der Waals surface area (Å²) in [5.41, 5.74) is 1.23. The van der Waals surface area contributed by atoms with Crippen molar-refractivity contribution in [2.45, 2.75) is 52.4 Å². The lowest BCUT2D eigenvalue weighted by Gasteiger charge is -2.23. The van der Waals surface area contributed by atoms with Crippen LogP contribution in [0.1, 0.15) is 38.5 Å². The van der Waals surface area contributed by atoms with E-state index in [0.717, 1.165) is 18.8 Å². The van der Waals surface area contributed by atoms with Gasteiger partial charge < -0.3 is 9.73 Å². The molecule has 3 nitrogen and oxygen atoms in total. The minimum Gasteiger partial charge on any atom is -0.468 e. The topological polar surface area (TPSA) is 28.4 Å². The molecule has 0 bridgehead atoms. The van der Waals surface area contributed by atoms with E-state index < -0.39 is 0 Å². The number of hydrogen-bond acceptors (Lipinski definition) is 4. The molecular formula is C15H28N2OS. The highest BCUT2D eigenvalue weighted by atomic mass is 32.2. The van der Waals surface area contributed by atoms with Gasteiger partial charge in [-0.15, -0.1) is 0 Å². The second-order valence-corrected chi connectivity index (χ2v) is 6.49. The number of nitrogens with one attached hydrogen (secondary N) is 1. The highest BCUT2D eigenvalue weighted by Crippen LogP contribution is 2.13. The van der Waals surface area contributed by atoms with Gasteiger partial charge in [0.15, 0.2) is 0 Å². The molecule has 0 aliphatic heterocycles. The molecule has 0 aliphatic rings. The summed E-state index contributed by atoms with van der Waals surface area (Å²) in [5.74, 6) is 2.27. The van der Waals surface area contributed by atoms with E-state index in [4.69, 9.17) is 4.42 Å². The Morgan fingerprint density at radius 1 is 1.37 bits per heavy atom. The van der Waals surface area contributed by atoms with Crippen LogP contribution in [0.15, 0.2) is 16.7 Å². The van der Waals surface area contributed by atoms with Crippen molar-refractivity contribution in [3.05, 3.63) is 23.7 Å². The van der Waals surface area contributed by atoms with Crippen molar-refractivity contribution < 1.29 is 4.42 Å². The number of furan rings is 1. The molecule has 0 spiro atoms. The van der Waals surface area contributed by atoms with Gasteiger partial charge in [-0.25, -0.2) is 0 Å². The van der Waals surface area contributed by atoms with Crippen LogP contribution < -0.4 is 5.32 Å². The molecule has 1 rings (SSSR count). The summed E-state index contributed by atoms with van der Waals surface area (Å²) in [6.45, 7) is 8.36. The van der Waals surface area contributed by atoms with E-state index >= 15 is 0 Å². The average molecular weight is 284 g/mol. The first-order valence-corrected chi connectivity index (χ1v) is 8.41. The molecule has 1 aromatic rings. The van der Waals surface area contributed by atoms with Crippen molar-refractivity contribution in [3.63, 3.8) is 0 Å². The van der Waals surface area contributed by atoms with Gasteiger partial charge in [0.1, 0.15) is 5.76 Å². The van der Waals surface area contributed by atoms with Crippen molar-refractivity contribution in [1.29, 1.82) is 0 Å². The van der Waals surface area contributed by atoms with Gasteiger partial charge in [-0.05, 0) is 38.5 Å². The third-order valence-electron chi connectivity index (χ3n) is 3.32. The third kappa shape index (κ3) is 6.50. The molecule has 0 aliphatic carbocycles. The number of thioether (sulfide) groups is 1. The van der Waals surface area contributed by atoms with Crippen molar-refractivity contribution in [3.8, 4) is 0 Å². The predicted octanol–water partition coefficient (Wildman–Crippen LogP) is 3.35. The van der Waals surface area contributed by atoms with Crippen molar-refractivity contribution in [1.82, 2.24) is 10.2 Å². The van der Waals surface area contributed by atoms with Crippen LogP contribution >= 0.6 is 11.8 Å². The van der Waals surface area contributed by atoms with Gasteiger partial charge in [0.05, 0.1) is 12.8 Å². The lowest BCUT2D eigenvalue weighted by atomic mass is 10.2. The van der Waals surface area contributed by atoms with Crippen LogP contribution in [0.2, 0.25) is 0 Å². The van der Waals surface area contributed by atoms with E-state index in [-0.39, 0.29) is 0 Å². The first-order valence-electron chi connectivity index (χ1n) is 7.01. The van der Waals surface area contributed by atoms with Crippen LogP contribution in [0.3, 0.4) is 0 Å². The molecule has 1 heterocycles. The molecule has 1 aromatic heterocycles. The predicted molar refractivity (Wildman–Crippen MR) is 84.6 cm³/mol. The minimum atomic E-state index is 0.507. The summed E-state index contributed by atoms with van der Waals surface area (Å²) in [4.78, 5) is 2.36. The SMILES string of the molecule is CSCCC(C)N(C)Cc1cc(CNC(C)C)co1. The van der Waals surface area contributed by atoms with Gasteiger partial charge in [0.25, 0.3) is 0 Å². The summed E-state index contributed by atoms with van der Waals surface area (Å²) in [5, 5.41) is 3.40. The van der Waals surface area contributed by atoms with Crippen LogP contribution in [0.25, 0.3) is 0 Å². The van der Waals surface area contributed by atoms with E-state index in [0.29, 0.717) is 12.1 Å². The molecule has 1 unspecified atom stereocenters. The molecule has 4 heteroatoms. The fourth-order valence-corrected chi connectivity index (χ4v) is 2.41. The van der Waals surface area contributed by atoms with Gasteiger partial charge in [-0.2, -0.15) is 11.8 Å². The highest BCUT2D eigenvalue weighted by molar-refractivity contribution is 7.98. The summed E-state index contributed by atoms with van der Waals surface area (Å²) in [6, 6.07) is 3.26. The molecule has 0 aromatic carbocycles. The Morgan fingerprint density at radius 2 is 2.11 bits per heavy atom. The summed E-state index contributed by atoms with van der Waals surface area (Å²) < 4.78 is 5.64. The maximum Gasteiger partial charge on any atom is 0.118 e. The zero-order valence-electron chi connectivity index (χ0n) is 12.9. The van der Waals surface area contributed by atoms with E-state index in [1.54, 1.807) is 0 Å². The van der Waals surface area contributed by atoms with Crippen molar-refractivity contribution >= 4 is 11.8 Å². The normalized spacial score (nSPS) is 13.4. The smallest absolute Gasteiger partial charge is 0.118 e. The van der Waals surface area contributed by atoms with Gasteiger partial charge in [0, 0.05) is 24.2 Å². The van der Waals surface area contributed by atoms with Crippen LogP contribution in [0.4, 0.5) is 0 Å². The van der Waals surface area contributed by atoms with Crippen molar-refractivity contribution in [2.75, 3.05) is 19.1 Å². The third-order valence-corrected chi connectivity index (χ3v) is 3.96. The molecule has 0 fully saturated rings. The fourth-order valence-electron chi connectivity index (χ4n) is 1.83. The van der Waals surface area contributed by atoms with Gasteiger partial charge in [-0.3, -0.25) is 4.90 Å². The zero-order chi connectivity index (χ0) is 14.3. The Labute approximate surface area is 122 Å². The van der Waals surface area contributed by atoms with Gasteiger partial charge in [-0.1, -0.05) is 13.8 Å².